The largest absolute Gasteiger partial charge is 0.398 e. The first-order valence-electron chi connectivity index (χ1n) is 5.59. The molecule has 0 atom stereocenters. The number of nitrogens with zero attached hydrogens (tertiary/aromatic N) is 1. The normalized spacial score (nSPS) is 15.2. The summed E-state index contributed by atoms with van der Waals surface area (Å²) in [5, 5.41) is 2.90. The molecule has 0 spiro atoms. The topological polar surface area (TPSA) is 58.4 Å². The van der Waals surface area contributed by atoms with Gasteiger partial charge in [0.15, 0.2) is 0 Å². The minimum Gasteiger partial charge on any atom is -0.398 e. The predicted molar refractivity (Wildman–Crippen MR) is 65.4 cm³/mol. The minimum atomic E-state index is -0.0220. The number of nitrogens with one attached hydrogen (secondary N) is 1. The lowest BCUT2D eigenvalue weighted by atomic mass is 10.1. The molecule has 1 aliphatic rings. The first kappa shape index (κ1) is 10.8. The molecule has 1 aromatic rings. The van der Waals surface area contributed by atoms with Crippen molar-refractivity contribution >= 4 is 17.4 Å². The number of carbonyl (C=O) groups excluding carboxylic acids is 1. The first-order valence-corrected chi connectivity index (χ1v) is 5.59. The Labute approximate surface area is 95.4 Å². The van der Waals surface area contributed by atoms with Crippen molar-refractivity contribution in [2.24, 2.45) is 0 Å². The third kappa shape index (κ3) is 2.10. The van der Waals surface area contributed by atoms with Gasteiger partial charge in [-0.25, -0.2) is 4.79 Å². The van der Waals surface area contributed by atoms with E-state index in [0.29, 0.717) is 5.69 Å². The van der Waals surface area contributed by atoms with Gasteiger partial charge in [0.05, 0.1) is 0 Å². The zero-order chi connectivity index (χ0) is 11.5. The standard InChI is InChI=1S/C12H17N3O/c1-9-10(13)5-4-6-11(9)14-12(16)15-7-2-3-8-15/h4-6H,2-3,7-8,13H2,1H3,(H,14,16). The van der Waals surface area contributed by atoms with E-state index < -0.39 is 0 Å². The van der Waals surface area contributed by atoms with Crippen LogP contribution in [-0.4, -0.2) is 24.0 Å². The molecule has 3 N–H and O–H groups in total. The van der Waals surface area contributed by atoms with Gasteiger partial charge in [-0.15, -0.1) is 0 Å². The van der Waals surface area contributed by atoms with E-state index >= 15 is 0 Å². The maximum absolute atomic E-state index is 11.9. The van der Waals surface area contributed by atoms with E-state index in [0.717, 1.165) is 37.2 Å². The Morgan fingerprint density at radius 3 is 2.75 bits per heavy atom. The van der Waals surface area contributed by atoms with Crippen LogP contribution >= 0.6 is 0 Å². The molecule has 86 valence electrons. The molecule has 1 aromatic carbocycles. The minimum absolute atomic E-state index is 0.0220. The molecule has 1 heterocycles. The van der Waals surface area contributed by atoms with Crippen molar-refractivity contribution in [2.75, 3.05) is 24.1 Å². The molecule has 4 nitrogen and oxygen atoms in total. The highest BCUT2D eigenvalue weighted by molar-refractivity contribution is 5.91. The molecular weight excluding hydrogens is 202 g/mol. The fourth-order valence-electron chi connectivity index (χ4n) is 1.90. The Balaban J connectivity index is 2.08. The van der Waals surface area contributed by atoms with Crippen LogP contribution in [0.25, 0.3) is 0 Å². The summed E-state index contributed by atoms with van der Waals surface area (Å²) in [5.74, 6) is 0. The predicted octanol–water partition coefficient (Wildman–Crippen LogP) is 2.20. The van der Waals surface area contributed by atoms with Crippen molar-refractivity contribution in [3.63, 3.8) is 0 Å². The maximum atomic E-state index is 11.9. The summed E-state index contributed by atoms with van der Waals surface area (Å²) >= 11 is 0. The Morgan fingerprint density at radius 1 is 1.38 bits per heavy atom. The molecule has 2 rings (SSSR count). The number of likely N-dealkylation sites (tertiary alicyclic amines) is 1. The number of carbonyl (C=O) groups is 1. The molecule has 0 bridgehead atoms. The summed E-state index contributed by atoms with van der Waals surface area (Å²) in [5.41, 5.74) is 8.22. The highest BCUT2D eigenvalue weighted by Crippen LogP contribution is 2.21. The second kappa shape index (κ2) is 4.43. The monoisotopic (exact) mass is 219 g/mol. The van der Waals surface area contributed by atoms with Gasteiger partial charge in [-0.2, -0.15) is 0 Å². The molecule has 0 saturated carbocycles. The molecule has 2 amide bonds. The number of anilines is 2. The maximum Gasteiger partial charge on any atom is 0.321 e. The number of amides is 2. The van der Waals surface area contributed by atoms with E-state index in [1.165, 1.54) is 0 Å². The lowest BCUT2D eigenvalue weighted by molar-refractivity contribution is 0.222. The van der Waals surface area contributed by atoms with E-state index in [-0.39, 0.29) is 6.03 Å². The lowest BCUT2D eigenvalue weighted by Gasteiger charge is -2.17. The van der Waals surface area contributed by atoms with Crippen LogP contribution in [0.4, 0.5) is 16.2 Å². The number of hydrogen-bond acceptors (Lipinski definition) is 2. The van der Waals surface area contributed by atoms with Crippen molar-refractivity contribution in [3.8, 4) is 0 Å². The SMILES string of the molecule is Cc1c(N)cccc1NC(=O)N1CCCC1. The van der Waals surface area contributed by atoms with Crippen molar-refractivity contribution in [3.05, 3.63) is 23.8 Å². The molecule has 1 aliphatic heterocycles. The van der Waals surface area contributed by atoms with E-state index in [2.05, 4.69) is 5.32 Å². The fourth-order valence-corrected chi connectivity index (χ4v) is 1.90. The Kier molecular flexibility index (Phi) is 2.99. The van der Waals surface area contributed by atoms with Gasteiger partial charge in [-0.05, 0) is 37.5 Å². The van der Waals surface area contributed by atoms with Crippen molar-refractivity contribution < 1.29 is 4.79 Å². The van der Waals surface area contributed by atoms with Gasteiger partial charge < -0.3 is 16.0 Å². The third-order valence-electron chi connectivity index (χ3n) is 3.01. The van der Waals surface area contributed by atoms with E-state index in [4.69, 9.17) is 5.73 Å². The molecular formula is C12H17N3O. The second-order valence-corrected chi connectivity index (χ2v) is 4.14. The van der Waals surface area contributed by atoms with Crippen molar-refractivity contribution in [1.29, 1.82) is 0 Å². The van der Waals surface area contributed by atoms with Gasteiger partial charge >= 0.3 is 6.03 Å². The van der Waals surface area contributed by atoms with Gasteiger partial charge in [-0.3, -0.25) is 0 Å². The number of nitrogen functional groups attached to an aromatic ring is 1. The van der Waals surface area contributed by atoms with Crippen LogP contribution < -0.4 is 11.1 Å². The number of rotatable bonds is 1. The van der Waals surface area contributed by atoms with Crippen LogP contribution in [0.1, 0.15) is 18.4 Å². The van der Waals surface area contributed by atoms with E-state index in [9.17, 15) is 4.79 Å². The molecule has 0 aliphatic carbocycles. The highest BCUT2D eigenvalue weighted by atomic mass is 16.2. The van der Waals surface area contributed by atoms with Crippen molar-refractivity contribution in [2.45, 2.75) is 19.8 Å². The third-order valence-corrected chi connectivity index (χ3v) is 3.01. The molecule has 0 unspecified atom stereocenters. The van der Waals surface area contributed by atoms with Crippen LogP contribution in [0.2, 0.25) is 0 Å². The second-order valence-electron chi connectivity index (χ2n) is 4.14. The van der Waals surface area contributed by atoms with Crippen LogP contribution in [-0.2, 0) is 0 Å². The Morgan fingerprint density at radius 2 is 2.06 bits per heavy atom. The number of benzene rings is 1. The number of urea groups is 1. The first-order chi connectivity index (χ1) is 7.68. The van der Waals surface area contributed by atoms with Gasteiger partial charge in [0.2, 0.25) is 0 Å². The molecule has 4 heteroatoms. The van der Waals surface area contributed by atoms with Crippen LogP contribution in [0.3, 0.4) is 0 Å². The molecule has 1 saturated heterocycles. The zero-order valence-corrected chi connectivity index (χ0v) is 9.49. The van der Waals surface area contributed by atoms with Crippen molar-refractivity contribution in [1.82, 2.24) is 4.90 Å². The Hall–Kier alpha value is -1.71. The molecule has 0 aromatic heterocycles. The van der Waals surface area contributed by atoms with Gasteiger partial charge in [0.1, 0.15) is 0 Å². The average molecular weight is 219 g/mol. The number of hydrogen-bond donors (Lipinski definition) is 2. The summed E-state index contributed by atoms with van der Waals surface area (Å²) in [6.07, 6.45) is 2.20. The van der Waals surface area contributed by atoms with Crippen LogP contribution in [0.15, 0.2) is 18.2 Å². The summed E-state index contributed by atoms with van der Waals surface area (Å²) in [6.45, 7) is 3.62. The smallest absolute Gasteiger partial charge is 0.321 e. The van der Waals surface area contributed by atoms with E-state index in [1.54, 1.807) is 0 Å². The quantitative estimate of drug-likeness (QED) is 0.711. The lowest BCUT2D eigenvalue weighted by Crippen LogP contribution is -2.32. The molecule has 0 radical (unpaired) electrons. The van der Waals surface area contributed by atoms with Crippen LogP contribution in [0, 0.1) is 6.92 Å². The summed E-state index contributed by atoms with van der Waals surface area (Å²) in [6, 6.07) is 5.54. The Bertz CT molecular complexity index is 397. The highest BCUT2D eigenvalue weighted by Gasteiger charge is 2.18. The number of nitrogens with two attached hydrogens (primary N) is 1. The average Bonchev–Trinajstić information content (AvgIpc) is 2.78. The summed E-state index contributed by atoms with van der Waals surface area (Å²) < 4.78 is 0. The van der Waals surface area contributed by atoms with Gasteiger partial charge in [-0.1, -0.05) is 6.07 Å². The summed E-state index contributed by atoms with van der Waals surface area (Å²) in [4.78, 5) is 13.7. The van der Waals surface area contributed by atoms with Gasteiger partial charge in [0.25, 0.3) is 0 Å². The zero-order valence-electron chi connectivity index (χ0n) is 9.49. The summed E-state index contributed by atoms with van der Waals surface area (Å²) in [7, 11) is 0. The van der Waals surface area contributed by atoms with E-state index in [1.807, 2.05) is 30.0 Å². The van der Waals surface area contributed by atoms with Crippen LogP contribution in [0.5, 0.6) is 0 Å². The van der Waals surface area contributed by atoms with Gasteiger partial charge in [0, 0.05) is 24.5 Å². The molecule has 1 fully saturated rings. The molecule has 16 heavy (non-hydrogen) atoms. The fraction of sp³-hybridized carbons (Fsp3) is 0.417.